The first-order valence-electron chi connectivity index (χ1n) is 14.4. The number of sulfonamides is 1. The van der Waals surface area contributed by atoms with Crippen molar-refractivity contribution in [2.45, 2.75) is 82.6 Å². The summed E-state index contributed by atoms with van der Waals surface area (Å²) in [5.41, 5.74) is -1.32. The molecular weight excluding hydrogens is 623 g/mol. The summed E-state index contributed by atoms with van der Waals surface area (Å²) in [5, 5.41) is 11.3. The van der Waals surface area contributed by atoms with Crippen LogP contribution in [0.5, 0.6) is 5.88 Å². The Kier molecular flexibility index (Phi) is 8.77. The molecule has 2 fully saturated rings. The Hall–Kier alpha value is -3.17. The van der Waals surface area contributed by atoms with Crippen molar-refractivity contribution in [3.63, 3.8) is 0 Å². The number of carbonyl (C=O) groups is 1. The van der Waals surface area contributed by atoms with Crippen LogP contribution >= 0.6 is 11.6 Å². The Morgan fingerprint density at radius 2 is 1.98 bits per heavy atom. The fourth-order valence-corrected chi connectivity index (χ4v) is 6.93. The fourth-order valence-electron chi connectivity index (χ4n) is 5.55. The maximum atomic E-state index is 13.1. The number of amides is 1. The molecule has 0 bridgehead atoms. The highest BCUT2D eigenvalue weighted by molar-refractivity contribution is 7.90. The van der Waals surface area contributed by atoms with E-state index < -0.39 is 27.5 Å². The van der Waals surface area contributed by atoms with Gasteiger partial charge in [-0.25, -0.2) is 14.4 Å². The molecule has 0 aromatic carbocycles. The van der Waals surface area contributed by atoms with Crippen LogP contribution in [-0.4, -0.2) is 63.7 Å². The molecule has 1 aliphatic heterocycles. The Bertz CT molecular complexity index is 1630. The molecule has 2 aliphatic rings. The zero-order valence-electron chi connectivity index (χ0n) is 24.6. The van der Waals surface area contributed by atoms with Crippen molar-refractivity contribution in [2.24, 2.45) is 11.3 Å². The number of aryl methyl sites for hydroxylation is 2. The second-order valence-electron chi connectivity index (χ2n) is 12.3. The minimum Gasteiger partial charge on any atom is -0.477 e. The summed E-state index contributed by atoms with van der Waals surface area (Å²) in [6.07, 6.45) is 1.81. The largest absolute Gasteiger partial charge is 0.477 e. The van der Waals surface area contributed by atoms with Crippen LogP contribution in [0.15, 0.2) is 35.6 Å². The molecular formula is C28H35ClF3N7O4S. The molecule has 44 heavy (non-hydrogen) atoms. The molecule has 1 saturated heterocycles. The van der Waals surface area contributed by atoms with Gasteiger partial charge in [-0.3, -0.25) is 9.48 Å². The van der Waals surface area contributed by atoms with E-state index in [1.165, 1.54) is 29.1 Å². The number of pyridine rings is 1. The van der Waals surface area contributed by atoms with Crippen LogP contribution in [-0.2, 0) is 16.6 Å². The van der Waals surface area contributed by atoms with Crippen LogP contribution in [0.2, 0.25) is 5.15 Å². The van der Waals surface area contributed by atoms with E-state index >= 15 is 0 Å². The molecule has 1 unspecified atom stereocenters. The van der Waals surface area contributed by atoms with Crippen molar-refractivity contribution in [3.8, 4) is 11.7 Å². The van der Waals surface area contributed by atoms with Gasteiger partial charge in [0.05, 0.1) is 17.6 Å². The summed E-state index contributed by atoms with van der Waals surface area (Å²) in [6.45, 7) is 7.33. The van der Waals surface area contributed by atoms with Crippen LogP contribution in [0.3, 0.4) is 0 Å². The van der Waals surface area contributed by atoms with Gasteiger partial charge < -0.3 is 10.1 Å². The van der Waals surface area contributed by atoms with Gasteiger partial charge in [0.1, 0.15) is 5.15 Å². The van der Waals surface area contributed by atoms with Crippen LogP contribution in [0.4, 0.5) is 13.2 Å². The highest BCUT2D eigenvalue weighted by Gasteiger charge is 2.62. The zero-order chi connectivity index (χ0) is 31.9. The standard InChI is InChI=1S/C28H35ClF3N7O4S/c1-18-17-38(12-4-5-19-15-26(2,3)33-16-19)36-25(18)44(41,42)37-24(40)20-6-7-21(34-23(20)29)39-13-8-22(35-39)43-14-11-27(9-10-27)28(30,31)32/h6-8,13,17,19,33H,4-5,9-12,14-16H2,1-3H3,(H,37,40). The van der Waals surface area contributed by atoms with Gasteiger partial charge in [-0.1, -0.05) is 11.6 Å². The molecule has 1 saturated carbocycles. The van der Waals surface area contributed by atoms with Gasteiger partial charge in [-0.15, -0.1) is 5.10 Å². The lowest BCUT2D eigenvalue weighted by Crippen LogP contribution is -2.31. The number of aromatic nitrogens is 5. The third kappa shape index (κ3) is 7.20. The molecule has 0 radical (unpaired) electrons. The Balaban J connectivity index is 1.16. The number of nitrogens with zero attached hydrogens (tertiary/aromatic N) is 5. The predicted molar refractivity (Wildman–Crippen MR) is 155 cm³/mol. The average Bonchev–Trinajstić information content (AvgIpc) is 3.22. The lowest BCUT2D eigenvalue weighted by Gasteiger charge is -2.18. The Morgan fingerprint density at radius 3 is 2.61 bits per heavy atom. The second-order valence-corrected chi connectivity index (χ2v) is 14.2. The van der Waals surface area contributed by atoms with E-state index in [4.69, 9.17) is 16.3 Å². The predicted octanol–water partition coefficient (Wildman–Crippen LogP) is 4.82. The highest BCUT2D eigenvalue weighted by atomic mass is 35.5. The molecule has 16 heteroatoms. The minimum absolute atomic E-state index is 0.0955. The Labute approximate surface area is 258 Å². The third-order valence-electron chi connectivity index (χ3n) is 8.21. The van der Waals surface area contributed by atoms with Gasteiger partial charge in [0.15, 0.2) is 10.8 Å². The number of halogens is 4. The van der Waals surface area contributed by atoms with Gasteiger partial charge in [0, 0.05) is 36.1 Å². The van der Waals surface area contributed by atoms with E-state index in [9.17, 15) is 26.4 Å². The number of hydrogen-bond donors (Lipinski definition) is 2. The maximum Gasteiger partial charge on any atom is 0.394 e. The van der Waals surface area contributed by atoms with E-state index in [1.54, 1.807) is 17.8 Å². The molecule has 240 valence electrons. The molecule has 1 atom stereocenters. The lowest BCUT2D eigenvalue weighted by atomic mass is 9.94. The normalized spacial score (nSPS) is 19.2. The first kappa shape index (κ1) is 32.2. The molecule has 1 aliphatic carbocycles. The summed E-state index contributed by atoms with van der Waals surface area (Å²) in [4.78, 5) is 17.0. The summed E-state index contributed by atoms with van der Waals surface area (Å²) in [5.74, 6) is -0.139. The first-order valence-corrected chi connectivity index (χ1v) is 16.2. The van der Waals surface area contributed by atoms with Crippen LogP contribution < -0.4 is 14.8 Å². The van der Waals surface area contributed by atoms with Crippen LogP contribution in [0.1, 0.15) is 68.3 Å². The smallest absolute Gasteiger partial charge is 0.394 e. The highest BCUT2D eigenvalue weighted by Crippen LogP contribution is 2.59. The molecule has 0 spiro atoms. The number of carbonyl (C=O) groups excluding carboxylic acids is 1. The van der Waals surface area contributed by atoms with Crippen molar-refractivity contribution in [1.29, 1.82) is 0 Å². The third-order valence-corrected chi connectivity index (χ3v) is 9.87. The van der Waals surface area contributed by atoms with Gasteiger partial charge >= 0.3 is 6.18 Å². The molecule has 2 N–H and O–H groups in total. The second kappa shape index (κ2) is 12.0. The van der Waals surface area contributed by atoms with Crippen LogP contribution in [0, 0.1) is 18.3 Å². The number of ether oxygens (including phenoxy) is 1. The number of rotatable bonds is 12. The zero-order valence-corrected chi connectivity index (χ0v) is 26.2. The van der Waals surface area contributed by atoms with Gasteiger partial charge in [0.25, 0.3) is 15.9 Å². The van der Waals surface area contributed by atoms with Crippen molar-refractivity contribution in [2.75, 3.05) is 13.2 Å². The maximum absolute atomic E-state index is 13.1. The van der Waals surface area contributed by atoms with Crippen molar-refractivity contribution in [1.82, 2.24) is 34.6 Å². The van der Waals surface area contributed by atoms with E-state index in [0.29, 0.717) is 18.0 Å². The summed E-state index contributed by atoms with van der Waals surface area (Å²) in [7, 11) is -4.31. The average molecular weight is 658 g/mol. The van der Waals surface area contributed by atoms with Gasteiger partial charge in [-0.2, -0.15) is 26.7 Å². The Morgan fingerprint density at radius 1 is 1.23 bits per heavy atom. The lowest BCUT2D eigenvalue weighted by molar-refractivity contribution is -0.190. The number of alkyl halides is 3. The summed E-state index contributed by atoms with van der Waals surface area (Å²) in [6, 6.07) is 4.15. The van der Waals surface area contributed by atoms with Crippen molar-refractivity contribution < 1.29 is 31.1 Å². The monoisotopic (exact) mass is 657 g/mol. The minimum atomic E-state index is -4.31. The van der Waals surface area contributed by atoms with Crippen molar-refractivity contribution >= 4 is 27.5 Å². The summed E-state index contributed by atoms with van der Waals surface area (Å²) < 4.78 is 75.7. The van der Waals surface area contributed by atoms with Gasteiger partial charge in [-0.05, 0) is 83.9 Å². The summed E-state index contributed by atoms with van der Waals surface area (Å²) >= 11 is 6.23. The quantitative estimate of drug-likeness (QED) is 0.265. The number of nitrogens with one attached hydrogen (secondary N) is 2. The molecule has 3 aromatic rings. The molecule has 4 heterocycles. The molecule has 1 amide bonds. The molecule has 11 nitrogen and oxygen atoms in total. The SMILES string of the molecule is Cc1cn(CCCC2CNC(C)(C)C2)nc1S(=O)(=O)NC(=O)c1ccc(-n2ccc(OCCC3(C(F)(F)F)CC3)n2)nc1Cl. The van der Waals surface area contributed by atoms with Crippen molar-refractivity contribution in [3.05, 3.63) is 46.9 Å². The topological polar surface area (TPSA) is 133 Å². The first-order chi connectivity index (χ1) is 20.6. The van der Waals surface area contributed by atoms with E-state index in [2.05, 4.69) is 34.3 Å². The van der Waals surface area contributed by atoms with E-state index in [-0.39, 0.29) is 58.8 Å². The molecule has 3 aromatic heterocycles. The van der Waals surface area contributed by atoms with Crippen LogP contribution in [0.25, 0.3) is 5.82 Å². The fraction of sp³-hybridized carbons (Fsp3) is 0.571. The van der Waals surface area contributed by atoms with E-state index in [1.807, 2.05) is 4.72 Å². The number of hydrogen-bond acceptors (Lipinski definition) is 8. The van der Waals surface area contributed by atoms with Gasteiger partial charge in [0.2, 0.25) is 5.88 Å². The molecule has 5 rings (SSSR count). The van der Waals surface area contributed by atoms with E-state index in [0.717, 1.165) is 25.8 Å².